The maximum Gasteiger partial charge on any atom is 0.264 e. The van der Waals surface area contributed by atoms with Gasteiger partial charge < -0.3 is 4.74 Å². The van der Waals surface area contributed by atoms with E-state index in [2.05, 4.69) is 15.5 Å². The van der Waals surface area contributed by atoms with E-state index in [1.165, 1.54) is 0 Å². The average molecular weight is 389 g/mol. The fourth-order valence-electron chi connectivity index (χ4n) is 2.06. The number of benzene rings is 2. The lowest BCUT2D eigenvalue weighted by atomic mass is 10.2. The van der Waals surface area contributed by atoms with Crippen molar-refractivity contribution in [1.29, 1.82) is 0 Å². The highest BCUT2D eigenvalue weighted by Crippen LogP contribution is 2.23. The maximum atomic E-state index is 12.4. The van der Waals surface area contributed by atoms with Gasteiger partial charge in [0.1, 0.15) is 5.75 Å². The van der Waals surface area contributed by atoms with Gasteiger partial charge in [-0.1, -0.05) is 59.9 Å². The molecule has 0 spiro atoms. The number of aromatic nitrogens is 2. The van der Waals surface area contributed by atoms with Crippen molar-refractivity contribution in [2.75, 3.05) is 11.9 Å². The van der Waals surface area contributed by atoms with Gasteiger partial charge in [0.05, 0.1) is 5.75 Å². The van der Waals surface area contributed by atoms with Gasteiger partial charge in [0, 0.05) is 0 Å². The number of rotatable bonds is 7. The van der Waals surface area contributed by atoms with Gasteiger partial charge in [-0.05, 0) is 17.7 Å². The summed E-state index contributed by atoms with van der Waals surface area (Å²) in [5.74, 6) is -0.0591. The van der Waals surface area contributed by atoms with Crippen molar-refractivity contribution < 1.29 is 17.9 Å². The highest BCUT2D eigenvalue weighted by atomic mass is 32.2. The van der Waals surface area contributed by atoms with E-state index < -0.39 is 15.7 Å². The van der Waals surface area contributed by atoms with Crippen molar-refractivity contribution in [3.8, 4) is 5.75 Å². The summed E-state index contributed by atoms with van der Waals surface area (Å²) < 4.78 is 29.9. The lowest BCUT2D eigenvalue weighted by molar-refractivity contribution is -0.118. The van der Waals surface area contributed by atoms with Crippen molar-refractivity contribution in [3.05, 3.63) is 66.2 Å². The highest BCUT2D eigenvalue weighted by Gasteiger charge is 2.21. The number of hydrogen-bond donors (Lipinski definition) is 1. The van der Waals surface area contributed by atoms with Crippen LogP contribution in [0.4, 0.5) is 5.13 Å². The van der Waals surface area contributed by atoms with Gasteiger partial charge in [-0.2, -0.15) is 0 Å². The third-order valence-corrected chi connectivity index (χ3v) is 6.20. The lowest BCUT2D eigenvalue weighted by Gasteiger charge is -2.04. The molecule has 0 aliphatic heterocycles. The van der Waals surface area contributed by atoms with E-state index in [1.54, 1.807) is 48.5 Å². The van der Waals surface area contributed by atoms with E-state index in [9.17, 15) is 13.2 Å². The molecule has 0 fully saturated rings. The van der Waals surface area contributed by atoms with E-state index in [1.807, 2.05) is 12.1 Å². The Morgan fingerprint density at radius 3 is 2.35 bits per heavy atom. The predicted octanol–water partition coefficient (Wildman–Crippen LogP) is 2.53. The second-order valence-corrected chi connectivity index (χ2v) is 8.41. The molecule has 7 nitrogen and oxygen atoms in total. The van der Waals surface area contributed by atoms with E-state index in [-0.39, 0.29) is 21.8 Å². The molecule has 134 valence electrons. The van der Waals surface area contributed by atoms with Gasteiger partial charge in [0.25, 0.3) is 5.91 Å². The third-order valence-electron chi connectivity index (χ3n) is 3.23. The zero-order valence-electron chi connectivity index (χ0n) is 13.5. The molecule has 0 unspecified atom stereocenters. The Labute approximate surface area is 154 Å². The van der Waals surface area contributed by atoms with E-state index in [0.29, 0.717) is 11.3 Å². The molecule has 1 heterocycles. The van der Waals surface area contributed by atoms with Crippen LogP contribution < -0.4 is 10.1 Å². The first-order chi connectivity index (χ1) is 12.5. The van der Waals surface area contributed by atoms with Crippen LogP contribution in [-0.2, 0) is 20.4 Å². The number of hydrogen-bond acceptors (Lipinski definition) is 7. The van der Waals surface area contributed by atoms with Crippen LogP contribution in [0.1, 0.15) is 5.56 Å². The topological polar surface area (TPSA) is 98.2 Å². The minimum Gasteiger partial charge on any atom is -0.484 e. The van der Waals surface area contributed by atoms with Crippen molar-refractivity contribution in [2.24, 2.45) is 0 Å². The van der Waals surface area contributed by atoms with Gasteiger partial charge >= 0.3 is 0 Å². The van der Waals surface area contributed by atoms with Crippen LogP contribution in [0.3, 0.4) is 0 Å². The Morgan fingerprint density at radius 2 is 1.65 bits per heavy atom. The fourth-order valence-corrected chi connectivity index (χ4v) is 4.40. The molecule has 0 saturated heterocycles. The molecule has 1 aromatic heterocycles. The van der Waals surface area contributed by atoms with E-state index in [0.717, 1.165) is 11.3 Å². The average Bonchev–Trinajstić information content (AvgIpc) is 3.11. The molecule has 1 amide bonds. The molecule has 26 heavy (non-hydrogen) atoms. The van der Waals surface area contributed by atoms with Gasteiger partial charge in [0.2, 0.25) is 19.3 Å². The summed E-state index contributed by atoms with van der Waals surface area (Å²) in [5.41, 5.74) is 0.657. The summed E-state index contributed by atoms with van der Waals surface area (Å²) >= 11 is 0.811. The predicted molar refractivity (Wildman–Crippen MR) is 97.8 cm³/mol. The fraction of sp³-hybridized carbons (Fsp3) is 0.118. The zero-order chi connectivity index (χ0) is 18.4. The smallest absolute Gasteiger partial charge is 0.264 e. The minimum atomic E-state index is -3.62. The zero-order valence-corrected chi connectivity index (χ0v) is 15.2. The van der Waals surface area contributed by atoms with Gasteiger partial charge in [-0.3, -0.25) is 10.1 Å². The van der Waals surface area contributed by atoms with Gasteiger partial charge in [-0.25, -0.2) is 8.42 Å². The van der Waals surface area contributed by atoms with Crippen LogP contribution >= 0.6 is 11.3 Å². The van der Waals surface area contributed by atoms with Crippen molar-refractivity contribution in [3.63, 3.8) is 0 Å². The molecule has 3 rings (SSSR count). The number of amides is 1. The van der Waals surface area contributed by atoms with E-state index >= 15 is 0 Å². The number of ether oxygens (including phenoxy) is 1. The molecule has 0 radical (unpaired) electrons. The summed E-state index contributed by atoms with van der Waals surface area (Å²) in [5, 5.41) is 10.00. The van der Waals surface area contributed by atoms with Crippen molar-refractivity contribution >= 4 is 32.2 Å². The molecular weight excluding hydrogens is 374 g/mol. The molecule has 3 aromatic rings. The van der Waals surface area contributed by atoms with Crippen LogP contribution in [0.2, 0.25) is 0 Å². The molecule has 0 saturated carbocycles. The lowest BCUT2D eigenvalue weighted by Crippen LogP contribution is -2.20. The summed E-state index contributed by atoms with van der Waals surface area (Å²) in [6.45, 7) is -0.213. The molecule has 2 aromatic carbocycles. The molecule has 0 aliphatic rings. The van der Waals surface area contributed by atoms with Gasteiger partial charge in [-0.15, -0.1) is 10.2 Å². The first-order valence-electron chi connectivity index (χ1n) is 7.61. The second-order valence-electron chi connectivity index (χ2n) is 5.27. The Morgan fingerprint density at radius 1 is 1.00 bits per heavy atom. The summed E-state index contributed by atoms with van der Waals surface area (Å²) in [4.78, 5) is 11.9. The van der Waals surface area contributed by atoms with Crippen LogP contribution in [0.5, 0.6) is 5.75 Å². The van der Waals surface area contributed by atoms with E-state index in [4.69, 9.17) is 4.74 Å². The molecular formula is C17H15N3O4S2. The Kier molecular flexibility index (Phi) is 5.59. The third kappa shape index (κ3) is 4.87. The van der Waals surface area contributed by atoms with Crippen LogP contribution in [0, 0.1) is 0 Å². The van der Waals surface area contributed by atoms with Crippen LogP contribution in [0.25, 0.3) is 0 Å². The Balaban J connectivity index is 1.59. The highest BCUT2D eigenvalue weighted by molar-refractivity contribution is 7.92. The molecule has 0 atom stereocenters. The first kappa shape index (κ1) is 18.0. The normalized spacial score (nSPS) is 11.1. The summed E-state index contributed by atoms with van der Waals surface area (Å²) in [7, 11) is -3.62. The molecule has 1 N–H and O–H groups in total. The SMILES string of the molecule is O=C(COc1ccccc1)Nc1nnc(S(=O)(=O)Cc2ccccc2)s1. The second kappa shape index (κ2) is 8.07. The Bertz CT molecular complexity index is 974. The van der Waals surface area contributed by atoms with Crippen LogP contribution in [-0.4, -0.2) is 31.1 Å². The molecule has 9 heteroatoms. The number of nitrogens with one attached hydrogen (secondary N) is 1. The Hall–Kier alpha value is -2.78. The van der Waals surface area contributed by atoms with Crippen molar-refractivity contribution in [1.82, 2.24) is 10.2 Å². The first-order valence-corrected chi connectivity index (χ1v) is 10.1. The number of nitrogens with zero attached hydrogens (tertiary/aromatic N) is 2. The summed E-state index contributed by atoms with van der Waals surface area (Å²) in [6, 6.07) is 17.7. The standard InChI is InChI=1S/C17H15N3O4S2/c21-15(11-24-14-9-5-2-6-10-14)18-16-19-20-17(25-16)26(22,23)12-13-7-3-1-4-8-13/h1-10H,11-12H2,(H,18,19,21). The quantitative estimate of drug-likeness (QED) is 0.624. The molecule has 0 aliphatic carbocycles. The van der Waals surface area contributed by atoms with Crippen molar-refractivity contribution in [2.45, 2.75) is 10.1 Å². The minimum absolute atomic E-state index is 0.110. The number of para-hydroxylation sites is 1. The number of carbonyl (C=O) groups is 1. The van der Waals surface area contributed by atoms with Crippen LogP contribution in [0.15, 0.2) is 65.0 Å². The monoisotopic (exact) mass is 389 g/mol. The molecule has 0 bridgehead atoms. The number of sulfone groups is 1. The van der Waals surface area contributed by atoms with Gasteiger partial charge in [0.15, 0.2) is 6.61 Å². The summed E-state index contributed by atoms with van der Waals surface area (Å²) in [6.07, 6.45) is 0. The number of anilines is 1. The largest absolute Gasteiger partial charge is 0.484 e. The maximum absolute atomic E-state index is 12.4. The number of carbonyl (C=O) groups excluding carboxylic acids is 1.